The van der Waals surface area contributed by atoms with Crippen LogP contribution in [0, 0.1) is 0 Å². The van der Waals surface area contributed by atoms with Gasteiger partial charge in [-0.15, -0.1) is 26.2 Å². The molecule has 0 bridgehead atoms. The quantitative estimate of drug-likeness (QED) is 0.120. The fraction of sp³-hybridized carbons (Fsp3) is 1.00. The Morgan fingerprint density at radius 3 is 0.974 bits per heavy atom. The van der Waals surface area contributed by atoms with Crippen LogP contribution in [0.15, 0.2) is 0 Å². The first kappa shape index (κ1) is 46.5. The van der Waals surface area contributed by atoms with E-state index in [-0.39, 0.29) is 45.8 Å². The molecule has 0 saturated carbocycles. The van der Waals surface area contributed by atoms with Crippen molar-refractivity contribution < 1.29 is 0 Å². The molecule has 0 aromatic heterocycles. The van der Waals surface area contributed by atoms with Crippen molar-refractivity contribution in [1.82, 2.24) is 19.6 Å². The summed E-state index contributed by atoms with van der Waals surface area (Å²) in [7, 11) is 8.28. The van der Waals surface area contributed by atoms with Gasteiger partial charge >= 0.3 is 103 Å². The maximum absolute atomic E-state index is 4.56. The molecule has 0 spiro atoms. The Labute approximate surface area is 265 Å². The molecule has 0 atom stereocenters. The topological polar surface area (TPSA) is 41.2 Å². The maximum atomic E-state index is 4.56. The molecule has 8 heteroatoms. The van der Waals surface area contributed by atoms with Crippen LogP contribution in [0.1, 0.15) is 68.2 Å². The SMILES string of the molecule is CCN(CC)CC[N-]CCN(CC)CC.CC[CH2][In+][CH2]CC.CN(C)CC[N-]CCN(C)C.C[CH2][In+][CH2]C. The third-order valence-corrected chi connectivity index (χ3v) is 14.8. The molecular formula is C30H72In2N6. The Kier molecular flexibility index (Phi) is 52.5. The molecule has 0 aliphatic carbocycles. The van der Waals surface area contributed by atoms with Gasteiger partial charge in [0.1, 0.15) is 0 Å². The Morgan fingerprint density at radius 1 is 0.447 bits per heavy atom. The molecule has 0 aliphatic heterocycles. The van der Waals surface area contributed by atoms with E-state index in [1.54, 1.807) is 8.35 Å². The molecule has 6 nitrogen and oxygen atoms in total. The first-order valence-electron chi connectivity index (χ1n) is 15.9. The predicted molar refractivity (Wildman–Crippen MR) is 182 cm³/mol. The zero-order chi connectivity index (χ0) is 29.9. The molecule has 0 heterocycles. The number of rotatable bonds is 22. The zero-order valence-electron chi connectivity index (χ0n) is 28.6. The fourth-order valence-electron chi connectivity index (χ4n) is 3.11. The van der Waals surface area contributed by atoms with Crippen molar-refractivity contribution in [3.63, 3.8) is 0 Å². The molecule has 38 heavy (non-hydrogen) atoms. The molecule has 0 radical (unpaired) electrons. The van der Waals surface area contributed by atoms with E-state index in [0.29, 0.717) is 0 Å². The molecule has 228 valence electrons. The first-order valence-corrected chi connectivity index (χ1v) is 25.2. The van der Waals surface area contributed by atoms with Gasteiger partial charge in [0.2, 0.25) is 0 Å². The van der Waals surface area contributed by atoms with E-state index >= 15 is 0 Å². The summed E-state index contributed by atoms with van der Waals surface area (Å²) < 4.78 is 6.30. The summed E-state index contributed by atoms with van der Waals surface area (Å²) >= 11 is 0.114. The second-order valence-electron chi connectivity index (χ2n) is 9.97. The van der Waals surface area contributed by atoms with Gasteiger partial charge < -0.3 is 30.2 Å². The van der Waals surface area contributed by atoms with Crippen LogP contribution < -0.4 is 0 Å². The van der Waals surface area contributed by atoms with E-state index in [1.165, 1.54) is 21.2 Å². The summed E-state index contributed by atoms with van der Waals surface area (Å²) in [5.41, 5.74) is 0. The van der Waals surface area contributed by atoms with E-state index in [9.17, 15) is 0 Å². The predicted octanol–water partition coefficient (Wildman–Crippen LogP) is 6.44. The van der Waals surface area contributed by atoms with Crippen molar-refractivity contribution in [3.05, 3.63) is 10.6 Å². The molecule has 0 unspecified atom stereocenters. The summed E-state index contributed by atoms with van der Waals surface area (Å²) in [5, 5.41) is 8.93. The minimum absolute atomic E-state index is 0.0336. The molecule has 0 aromatic carbocycles. The van der Waals surface area contributed by atoms with Gasteiger partial charge in [0.25, 0.3) is 0 Å². The van der Waals surface area contributed by atoms with E-state index in [4.69, 9.17) is 0 Å². The van der Waals surface area contributed by atoms with Crippen LogP contribution >= 0.6 is 0 Å². The monoisotopic (exact) mass is 746 g/mol. The van der Waals surface area contributed by atoms with Gasteiger partial charge in [-0.3, -0.25) is 0 Å². The van der Waals surface area contributed by atoms with E-state index in [1.807, 2.05) is 0 Å². The van der Waals surface area contributed by atoms with Gasteiger partial charge in [0.15, 0.2) is 0 Å². The van der Waals surface area contributed by atoms with Gasteiger partial charge in [0.05, 0.1) is 0 Å². The molecular weight excluding hydrogens is 674 g/mol. The van der Waals surface area contributed by atoms with Crippen molar-refractivity contribution in [2.24, 2.45) is 0 Å². The average molecular weight is 747 g/mol. The molecule has 0 rings (SSSR count). The normalized spacial score (nSPS) is 10.3. The van der Waals surface area contributed by atoms with Gasteiger partial charge in [-0.25, -0.2) is 0 Å². The summed E-state index contributed by atoms with van der Waals surface area (Å²) in [5.74, 6) is 0. The summed E-state index contributed by atoms with van der Waals surface area (Å²) in [6, 6.07) is 0. The second kappa shape index (κ2) is 43.0. The van der Waals surface area contributed by atoms with E-state index in [0.717, 1.165) is 78.5 Å². The Bertz CT molecular complexity index is 339. The van der Waals surface area contributed by atoms with Gasteiger partial charge in [-0.05, 0) is 80.5 Å². The third kappa shape index (κ3) is 50.3. The van der Waals surface area contributed by atoms with Crippen LogP contribution in [-0.4, -0.2) is 172 Å². The third-order valence-electron chi connectivity index (χ3n) is 5.91. The molecule has 0 aromatic rings. The molecule has 0 aliphatic rings. The first-order chi connectivity index (χ1) is 18.2. The Morgan fingerprint density at radius 2 is 0.763 bits per heavy atom. The summed E-state index contributed by atoms with van der Waals surface area (Å²) in [6.45, 7) is 30.8. The van der Waals surface area contributed by atoms with Crippen LogP contribution in [0.2, 0.25) is 16.7 Å². The molecule has 0 fully saturated rings. The van der Waals surface area contributed by atoms with Gasteiger partial charge in [-0.2, -0.15) is 0 Å². The number of hydrogen-bond acceptors (Lipinski definition) is 4. The van der Waals surface area contributed by atoms with E-state index in [2.05, 4.69) is 114 Å². The van der Waals surface area contributed by atoms with Gasteiger partial charge in [-0.1, -0.05) is 27.7 Å². The zero-order valence-corrected chi connectivity index (χ0v) is 35.2. The van der Waals surface area contributed by atoms with Crippen molar-refractivity contribution in [2.75, 3.05) is 107 Å². The van der Waals surface area contributed by atoms with Crippen LogP contribution in [0.4, 0.5) is 0 Å². The van der Waals surface area contributed by atoms with Crippen molar-refractivity contribution >= 4 is 45.8 Å². The molecule has 0 amide bonds. The van der Waals surface area contributed by atoms with Crippen molar-refractivity contribution in [1.29, 1.82) is 0 Å². The molecule has 0 saturated heterocycles. The number of hydrogen-bond donors (Lipinski definition) is 0. The van der Waals surface area contributed by atoms with E-state index < -0.39 is 0 Å². The minimum atomic E-state index is 0.0336. The standard InChI is InChI=1S/C12H28N3.C8H20N3.2C3H7.2C2H5.2In/c1-5-14(6-2)11-9-13-10-12-15(7-3)8-4;1-10(2)7-5-9-6-8-11(3)4;2*1-3-2;2*1-2;;/h5-12H2,1-4H3;5-8H2,1-4H3;2*1,3H2,2H3;2*1H2,2H3;;/q2*-1;;;;;2*+1. The van der Waals surface area contributed by atoms with Crippen molar-refractivity contribution in [3.8, 4) is 0 Å². The summed E-state index contributed by atoms with van der Waals surface area (Å²) in [6.07, 6.45) is 2.89. The number of nitrogens with zero attached hydrogens (tertiary/aromatic N) is 6. The van der Waals surface area contributed by atoms with Crippen LogP contribution in [-0.2, 0) is 0 Å². The van der Waals surface area contributed by atoms with Crippen LogP contribution in [0.25, 0.3) is 10.6 Å². The summed E-state index contributed by atoms with van der Waals surface area (Å²) in [4.78, 5) is 9.14. The number of likely N-dealkylation sites (N-methyl/N-ethyl adjacent to an activating group) is 4. The van der Waals surface area contributed by atoms with Crippen LogP contribution in [0.5, 0.6) is 0 Å². The molecule has 0 N–H and O–H groups in total. The Balaban J connectivity index is -0.000000220. The van der Waals surface area contributed by atoms with Crippen molar-refractivity contribution in [2.45, 2.75) is 84.9 Å². The van der Waals surface area contributed by atoms with Gasteiger partial charge in [0, 0.05) is 0 Å². The van der Waals surface area contributed by atoms with Crippen LogP contribution in [0.3, 0.4) is 0 Å². The average Bonchev–Trinajstić information content (AvgIpc) is 2.90. The second-order valence-corrected chi connectivity index (χ2v) is 21.2. The Hall–Kier alpha value is 1.50. The fourth-order valence-corrected chi connectivity index (χ4v) is 7.91.